The van der Waals surface area contributed by atoms with E-state index in [0.717, 1.165) is 12.2 Å². The highest BCUT2D eigenvalue weighted by molar-refractivity contribution is 5.99. The Morgan fingerprint density at radius 2 is 2.19 bits per heavy atom. The molecule has 0 amide bonds. The van der Waals surface area contributed by atoms with Gasteiger partial charge in [0, 0.05) is 23.5 Å². The number of hydrogen-bond donors (Lipinski definition) is 2. The highest BCUT2D eigenvalue weighted by atomic mass is 16.1. The standard InChI is InChI=1S/C13H18N2O/c1-9(16)11-4-3-10(7-12(11)14)15-8-13(2)5-6-13/h3-4,7,15H,5-6,8,14H2,1-2H3. The van der Waals surface area contributed by atoms with E-state index in [4.69, 9.17) is 5.73 Å². The fourth-order valence-electron chi connectivity index (χ4n) is 1.70. The highest BCUT2D eigenvalue weighted by Gasteiger charge is 2.36. The van der Waals surface area contributed by atoms with Crippen LogP contribution in [0.3, 0.4) is 0 Å². The lowest BCUT2D eigenvalue weighted by molar-refractivity contribution is 0.101. The summed E-state index contributed by atoms with van der Waals surface area (Å²) in [5.74, 6) is 0.0122. The van der Waals surface area contributed by atoms with Gasteiger partial charge in [0.1, 0.15) is 0 Å². The Morgan fingerprint density at radius 1 is 1.50 bits per heavy atom. The molecular formula is C13H18N2O. The molecular weight excluding hydrogens is 200 g/mol. The third kappa shape index (κ3) is 2.35. The van der Waals surface area contributed by atoms with Gasteiger partial charge in [-0.15, -0.1) is 0 Å². The monoisotopic (exact) mass is 218 g/mol. The van der Waals surface area contributed by atoms with Gasteiger partial charge in [-0.25, -0.2) is 0 Å². The van der Waals surface area contributed by atoms with E-state index in [1.807, 2.05) is 12.1 Å². The van der Waals surface area contributed by atoms with Crippen LogP contribution in [0.25, 0.3) is 0 Å². The summed E-state index contributed by atoms with van der Waals surface area (Å²) in [5.41, 5.74) is 8.43. The number of carbonyl (C=O) groups is 1. The molecule has 0 spiro atoms. The summed E-state index contributed by atoms with van der Waals surface area (Å²) in [6, 6.07) is 5.54. The summed E-state index contributed by atoms with van der Waals surface area (Å²) >= 11 is 0. The number of Topliss-reactive ketones (excluding diaryl/α,β-unsaturated/α-hetero) is 1. The van der Waals surface area contributed by atoms with Crippen LogP contribution in [0, 0.1) is 5.41 Å². The number of hydrogen-bond acceptors (Lipinski definition) is 3. The molecule has 1 fully saturated rings. The molecule has 0 unspecified atom stereocenters. The van der Waals surface area contributed by atoms with Gasteiger partial charge in [-0.1, -0.05) is 6.92 Å². The predicted octanol–water partition coefficient (Wildman–Crippen LogP) is 2.68. The third-order valence-corrected chi connectivity index (χ3v) is 3.25. The Hall–Kier alpha value is -1.51. The van der Waals surface area contributed by atoms with Gasteiger partial charge in [0.15, 0.2) is 5.78 Å². The molecule has 16 heavy (non-hydrogen) atoms. The summed E-state index contributed by atoms with van der Waals surface area (Å²) in [5, 5.41) is 3.36. The molecule has 1 saturated carbocycles. The van der Waals surface area contributed by atoms with Crippen LogP contribution in [-0.4, -0.2) is 12.3 Å². The van der Waals surface area contributed by atoms with Crippen molar-refractivity contribution < 1.29 is 4.79 Å². The van der Waals surface area contributed by atoms with E-state index < -0.39 is 0 Å². The Morgan fingerprint density at radius 3 is 2.69 bits per heavy atom. The molecule has 86 valence electrons. The summed E-state index contributed by atoms with van der Waals surface area (Å²) in [4.78, 5) is 11.2. The van der Waals surface area contributed by atoms with Crippen molar-refractivity contribution in [1.29, 1.82) is 0 Å². The number of carbonyl (C=O) groups excluding carboxylic acids is 1. The van der Waals surface area contributed by atoms with E-state index >= 15 is 0 Å². The number of anilines is 2. The van der Waals surface area contributed by atoms with Crippen LogP contribution in [0.2, 0.25) is 0 Å². The zero-order valence-electron chi connectivity index (χ0n) is 9.84. The minimum atomic E-state index is 0.0122. The summed E-state index contributed by atoms with van der Waals surface area (Å²) in [6.45, 7) is 4.78. The molecule has 0 heterocycles. The SMILES string of the molecule is CC(=O)c1ccc(NCC2(C)CC2)cc1N. The zero-order valence-corrected chi connectivity index (χ0v) is 9.84. The van der Waals surface area contributed by atoms with Gasteiger partial charge in [0.05, 0.1) is 0 Å². The fourth-order valence-corrected chi connectivity index (χ4v) is 1.70. The third-order valence-electron chi connectivity index (χ3n) is 3.25. The van der Waals surface area contributed by atoms with Crippen LogP contribution in [0.1, 0.15) is 37.0 Å². The molecule has 3 nitrogen and oxygen atoms in total. The van der Waals surface area contributed by atoms with Crippen LogP contribution >= 0.6 is 0 Å². The van der Waals surface area contributed by atoms with Crippen molar-refractivity contribution in [2.75, 3.05) is 17.6 Å². The molecule has 1 aromatic rings. The molecule has 0 bridgehead atoms. The number of rotatable bonds is 4. The van der Waals surface area contributed by atoms with Crippen molar-refractivity contribution >= 4 is 17.2 Å². The minimum absolute atomic E-state index is 0.0122. The quantitative estimate of drug-likeness (QED) is 0.603. The number of nitrogens with one attached hydrogen (secondary N) is 1. The molecule has 0 radical (unpaired) electrons. The van der Waals surface area contributed by atoms with Crippen molar-refractivity contribution in [1.82, 2.24) is 0 Å². The second kappa shape index (κ2) is 3.81. The lowest BCUT2D eigenvalue weighted by Crippen LogP contribution is -2.12. The van der Waals surface area contributed by atoms with Gasteiger partial charge >= 0.3 is 0 Å². The van der Waals surface area contributed by atoms with E-state index in [-0.39, 0.29) is 5.78 Å². The largest absolute Gasteiger partial charge is 0.398 e. The molecule has 2 rings (SSSR count). The lowest BCUT2D eigenvalue weighted by Gasteiger charge is -2.12. The first-order valence-corrected chi connectivity index (χ1v) is 5.65. The molecule has 1 aromatic carbocycles. The van der Waals surface area contributed by atoms with Crippen LogP contribution in [0.5, 0.6) is 0 Å². The van der Waals surface area contributed by atoms with Crippen molar-refractivity contribution in [2.45, 2.75) is 26.7 Å². The first-order valence-electron chi connectivity index (χ1n) is 5.65. The Balaban J connectivity index is 2.05. The topological polar surface area (TPSA) is 55.1 Å². The summed E-state index contributed by atoms with van der Waals surface area (Å²) < 4.78 is 0. The molecule has 0 atom stereocenters. The molecule has 0 saturated heterocycles. The maximum absolute atomic E-state index is 11.2. The number of benzene rings is 1. The van der Waals surface area contributed by atoms with E-state index in [9.17, 15) is 4.79 Å². The van der Waals surface area contributed by atoms with Gasteiger partial charge in [0.2, 0.25) is 0 Å². The maximum Gasteiger partial charge on any atom is 0.161 e. The minimum Gasteiger partial charge on any atom is -0.398 e. The van der Waals surface area contributed by atoms with E-state index in [0.29, 0.717) is 16.7 Å². The number of nitrogen functional groups attached to an aromatic ring is 1. The molecule has 1 aliphatic carbocycles. The van der Waals surface area contributed by atoms with Gasteiger partial charge in [-0.05, 0) is 43.4 Å². The molecule has 3 N–H and O–H groups in total. The van der Waals surface area contributed by atoms with Crippen molar-refractivity contribution in [2.24, 2.45) is 5.41 Å². The zero-order chi connectivity index (χ0) is 11.8. The fraction of sp³-hybridized carbons (Fsp3) is 0.462. The van der Waals surface area contributed by atoms with E-state index in [2.05, 4.69) is 12.2 Å². The van der Waals surface area contributed by atoms with Crippen LogP contribution in [-0.2, 0) is 0 Å². The van der Waals surface area contributed by atoms with Crippen molar-refractivity contribution in [3.63, 3.8) is 0 Å². The summed E-state index contributed by atoms with van der Waals surface area (Å²) in [7, 11) is 0. The van der Waals surface area contributed by atoms with Crippen molar-refractivity contribution in [3.05, 3.63) is 23.8 Å². The summed E-state index contributed by atoms with van der Waals surface area (Å²) in [6.07, 6.45) is 2.59. The average molecular weight is 218 g/mol. The lowest BCUT2D eigenvalue weighted by atomic mass is 10.1. The molecule has 1 aliphatic rings. The maximum atomic E-state index is 11.2. The second-order valence-corrected chi connectivity index (χ2v) is 5.02. The van der Waals surface area contributed by atoms with Crippen molar-refractivity contribution in [3.8, 4) is 0 Å². The molecule has 3 heteroatoms. The predicted molar refractivity (Wildman–Crippen MR) is 66.7 cm³/mol. The normalized spacial score (nSPS) is 16.9. The second-order valence-electron chi connectivity index (χ2n) is 5.02. The van der Waals surface area contributed by atoms with Crippen LogP contribution in [0.4, 0.5) is 11.4 Å². The Labute approximate surface area is 96.0 Å². The average Bonchev–Trinajstić information content (AvgIpc) is 2.94. The van der Waals surface area contributed by atoms with Gasteiger partial charge in [-0.2, -0.15) is 0 Å². The van der Waals surface area contributed by atoms with E-state index in [1.165, 1.54) is 19.8 Å². The van der Waals surface area contributed by atoms with Gasteiger partial charge in [0.25, 0.3) is 0 Å². The Bertz CT molecular complexity index is 422. The van der Waals surface area contributed by atoms with Crippen LogP contribution < -0.4 is 11.1 Å². The number of nitrogens with two attached hydrogens (primary N) is 1. The first-order chi connectivity index (χ1) is 7.50. The highest BCUT2D eigenvalue weighted by Crippen LogP contribution is 2.44. The number of ketones is 1. The molecule has 0 aromatic heterocycles. The van der Waals surface area contributed by atoms with Crippen LogP contribution in [0.15, 0.2) is 18.2 Å². The van der Waals surface area contributed by atoms with Gasteiger partial charge < -0.3 is 11.1 Å². The smallest absolute Gasteiger partial charge is 0.161 e. The molecule has 0 aliphatic heterocycles. The first kappa shape index (κ1) is 11.0. The Kier molecular flexibility index (Phi) is 2.62. The van der Waals surface area contributed by atoms with Gasteiger partial charge in [-0.3, -0.25) is 4.79 Å². The van der Waals surface area contributed by atoms with E-state index in [1.54, 1.807) is 6.07 Å².